The molecule has 0 radical (unpaired) electrons. The van der Waals surface area contributed by atoms with Crippen molar-refractivity contribution >= 4 is 16.8 Å². The number of aromatic nitrogens is 2. The van der Waals surface area contributed by atoms with Gasteiger partial charge in [0.05, 0.1) is 18.2 Å². The predicted octanol–water partition coefficient (Wildman–Crippen LogP) is 6.77. The summed E-state index contributed by atoms with van der Waals surface area (Å²) in [5.41, 5.74) is 6.76. The first-order valence-electron chi connectivity index (χ1n) is 12.2. The van der Waals surface area contributed by atoms with Gasteiger partial charge in [0.15, 0.2) is 0 Å². The van der Waals surface area contributed by atoms with Crippen LogP contribution in [0.2, 0.25) is 0 Å². The van der Waals surface area contributed by atoms with Crippen molar-refractivity contribution in [1.29, 1.82) is 0 Å². The molecule has 37 heavy (non-hydrogen) atoms. The average molecular weight is 496 g/mol. The fourth-order valence-corrected chi connectivity index (χ4v) is 4.77. The van der Waals surface area contributed by atoms with Gasteiger partial charge in [-0.1, -0.05) is 42.0 Å². The zero-order valence-corrected chi connectivity index (χ0v) is 20.7. The van der Waals surface area contributed by atoms with Gasteiger partial charge in [0.2, 0.25) is 5.91 Å². The maximum Gasteiger partial charge on any atom is 0.225 e. The minimum absolute atomic E-state index is 0.0643. The van der Waals surface area contributed by atoms with Crippen molar-refractivity contribution in [2.24, 2.45) is 0 Å². The Labute approximate surface area is 214 Å². The number of hydrogen-bond donors (Lipinski definition) is 2. The summed E-state index contributed by atoms with van der Waals surface area (Å²) in [6.45, 7) is 3.87. The summed E-state index contributed by atoms with van der Waals surface area (Å²) >= 11 is 0. The van der Waals surface area contributed by atoms with E-state index < -0.39 is 6.04 Å². The Morgan fingerprint density at radius 3 is 2.54 bits per heavy atom. The molecule has 6 heteroatoms. The van der Waals surface area contributed by atoms with E-state index in [1.807, 2.05) is 56.3 Å². The standard InChI is InChI=1S/C31H27F2N3O/c1-19-5-7-22(8-6-19)26-4-3-11-34-31(26)29(15-21-12-20(2)13-25(33)14-21)36-30(37)16-23-18-35-28-10-9-24(32)17-27(23)28/h3-14,17-18,29,35H,15-16H2,1-2H3,(H,36,37)/t29-/m0/s1. The lowest BCUT2D eigenvalue weighted by Gasteiger charge is -2.22. The first kappa shape index (κ1) is 24.4. The van der Waals surface area contributed by atoms with Crippen molar-refractivity contribution in [1.82, 2.24) is 15.3 Å². The van der Waals surface area contributed by atoms with Gasteiger partial charge < -0.3 is 10.3 Å². The van der Waals surface area contributed by atoms with E-state index in [1.165, 1.54) is 24.3 Å². The normalized spacial score (nSPS) is 12.0. The van der Waals surface area contributed by atoms with Gasteiger partial charge in [0.25, 0.3) is 0 Å². The Hall–Kier alpha value is -4.32. The summed E-state index contributed by atoms with van der Waals surface area (Å²) in [4.78, 5) is 21.1. The molecule has 0 aliphatic carbocycles. The Balaban J connectivity index is 1.49. The highest BCUT2D eigenvalue weighted by atomic mass is 19.1. The number of aryl methyl sites for hydroxylation is 2. The van der Waals surface area contributed by atoms with Gasteiger partial charge in [-0.3, -0.25) is 9.78 Å². The zero-order chi connectivity index (χ0) is 25.9. The molecule has 186 valence electrons. The second-order valence-electron chi connectivity index (χ2n) is 9.44. The summed E-state index contributed by atoms with van der Waals surface area (Å²) in [7, 11) is 0. The average Bonchev–Trinajstić information content (AvgIpc) is 3.25. The van der Waals surface area contributed by atoms with Crippen LogP contribution in [0.15, 0.2) is 85.2 Å². The molecule has 2 aromatic heterocycles. The molecule has 0 unspecified atom stereocenters. The maximum absolute atomic E-state index is 14.2. The fourth-order valence-electron chi connectivity index (χ4n) is 4.77. The van der Waals surface area contributed by atoms with Crippen molar-refractivity contribution in [2.75, 3.05) is 0 Å². The molecule has 0 spiro atoms. The lowest BCUT2D eigenvalue weighted by Crippen LogP contribution is -2.32. The molecule has 0 fully saturated rings. The quantitative estimate of drug-likeness (QED) is 0.262. The molecule has 0 bridgehead atoms. The Kier molecular flexibility index (Phi) is 6.82. The second kappa shape index (κ2) is 10.3. The van der Waals surface area contributed by atoms with Crippen molar-refractivity contribution < 1.29 is 13.6 Å². The number of fused-ring (bicyclic) bond motifs is 1. The topological polar surface area (TPSA) is 57.8 Å². The molecule has 4 nitrogen and oxygen atoms in total. The number of carbonyl (C=O) groups is 1. The first-order chi connectivity index (χ1) is 17.9. The minimum atomic E-state index is -0.506. The summed E-state index contributed by atoms with van der Waals surface area (Å²) in [5, 5.41) is 3.80. The van der Waals surface area contributed by atoms with E-state index in [1.54, 1.807) is 18.5 Å². The van der Waals surface area contributed by atoms with Crippen LogP contribution in [0, 0.1) is 25.5 Å². The third-order valence-corrected chi connectivity index (χ3v) is 6.49. The monoisotopic (exact) mass is 495 g/mol. The fraction of sp³-hybridized carbons (Fsp3) is 0.161. The molecule has 0 saturated carbocycles. The molecule has 5 aromatic rings. The zero-order valence-electron chi connectivity index (χ0n) is 20.7. The lowest BCUT2D eigenvalue weighted by molar-refractivity contribution is -0.121. The van der Waals surface area contributed by atoms with E-state index in [2.05, 4.69) is 15.3 Å². The van der Waals surface area contributed by atoms with Crippen molar-refractivity contribution in [3.05, 3.63) is 125 Å². The number of nitrogens with one attached hydrogen (secondary N) is 2. The molecule has 0 aliphatic heterocycles. The van der Waals surface area contributed by atoms with E-state index in [4.69, 9.17) is 0 Å². The molecular formula is C31H27F2N3O. The molecule has 3 aromatic carbocycles. The second-order valence-corrected chi connectivity index (χ2v) is 9.44. The number of benzene rings is 3. The third kappa shape index (κ3) is 5.59. The van der Waals surface area contributed by atoms with Crippen LogP contribution in [-0.2, 0) is 17.6 Å². The smallest absolute Gasteiger partial charge is 0.225 e. The molecule has 1 amide bonds. The third-order valence-electron chi connectivity index (χ3n) is 6.49. The molecule has 5 rings (SSSR count). The van der Waals surface area contributed by atoms with Crippen molar-refractivity contribution in [2.45, 2.75) is 32.7 Å². The maximum atomic E-state index is 14.2. The molecule has 0 saturated heterocycles. The number of pyridine rings is 1. The molecule has 2 N–H and O–H groups in total. The largest absolute Gasteiger partial charge is 0.361 e. The molecule has 2 heterocycles. The van der Waals surface area contributed by atoms with E-state index in [9.17, 15) is 13.6 Å². The van der Waals surface area contributed by atoms with Gasteiger partial charge in [-0.05, 0) is 78.9 Å². The number of rotatable bonds is 7. The van der Waals surface area contributed by atoms with Crippen LogP contribution in [0.4, 0.5) is 8.78 Å². The van der Waals surface area contributed by atoms with Crippen molar-refractivity contribution in [3.63, 3.8) is 0 Å². The highest BCUT2D eigenvalue weighted by molar-refractivity contribution is 5.89. The van der Waals surface area contributed by atoms with Crippen LogP contribution in [0.3, 0.4) is 0 Å². The number of amides is 1. The van der Waals surface area contributed by atoms with E-state index in [0.717, 1.165) is 33.3 Å². The van der Waals surface area contributed by atoms with Crippen molar-refractivity contribution in [3.8, 4) is 11.1 Å². The Bertz CT molecular complexity index is 1550. The van der Waals surface area contributed by atoms with Gasteiger partial charge in [-0.15, -0.1) is 0 Å². The van der Waals surface area contributed by atoms with Crippen LogP contribution in [-0.4, -0.2) is 15.9 Å². The Morgan fingerprint density at radius 2 is 1.76 bits per heavy atom. The minimum Gasteiger partial charge on any atom is -0.361 e. The number of halogens is 2. The van der Waals surface area contributed by atoms with Crippen LogP contribution in [0.25, 0.3) is 22.0 Å². The number of carbonyl (C=O) groups excluding carboxylic acids is 1. The predicted molar refractivity (Wildman–Crippen MR) is 142 cm³/mol. The van der Waals surface area contributed by atoms with Gasteiger partial charge in [-0.25, -0.2) is 8.78 Å². The number of H-pyrrole nitrogens is 1. The summed E-state index contributed by atoms with van der Waals surface area (Å²) in [6, 6.07) is 20.8. The number of hydrogen-bond acceptors (Lipinski definition) is 2. The molecular weight excluding hydrogens is 468 g/mol. The van der Waals surface area contributed by atoms with Gasteiger partial charge in [0, 0.05) is 28.9 Å². The SMILES string of the molecule is Cc1ccc(-c2cccnc2[C@H](Cc2cc(C)cc(F)c2)NC(=O)Cc2c[nH]c3ccc(F)cc23)cc1. The molecule has 1 atom stereocenters. The Morgan fingerprint density at radius 1 is 0.946 bits per heavy atom. The lowest BCUT2D eigenvalue weighted by atomic mass is 9.94. The van der Waals surface area contributed by atoms with Crippen LogP contribution < -0.4 is 5.32 Å². The van der Waals surface area contributed by atoms with Crippen LogP contribution in [0.1, 0.15) is 34.0 Å². The number of nitrogens with zero attached hydrogens (tertiary/aromatic N) is 1. The summed E-state index contributed by atoms with van der Waals surface area (Å²) in [6.07, 6.45) is 3.86. The van der Waals surface area contributed by atoms with Gasteiger partial charge >= 0.3 is 0 Å². The first-order valence-corrected chi connectivity index (χ1v) is 12.2. The van der Waals surface area contributed by atoms with E-state index in [-0.39, 0.29) is 24.0 Å². The highest BCUT2D eigenvalue weighted by Gasteiger charge is 2.22. The van der Waals surface area contributed by atoms with Crippen LogP contribution in [0.5, 0.6) is 0 Å². The van der Waals surface area contributed by atoms with E-state index in [0.29, 0.717) is 23.1 Å². The summed E-state index contributed by atoms with van der Waals surface area (Å²) in [5.74, 6) is -0.909. The van der Waals surface area contributed by atoms with Crippen LogP contribution >= 0.6 is 0 Å². The molecule has 0 aliphatic rings. The summed E-state index contributed by atoms with van der Waals surface area (Å²) < 4.78 is 28.1. The highest BCUT2D eigenvalue weighted by Crippen LogP contribution is 2.30. The van der Waals surface area contributed by atoms with E-state index >= 15 is 0 Å². The van der Waals surface area contributed by atoms with Gasteiger partial charge in [-0.2, -0.15) is 0 Å². The van der Waals surface area contributed by atoms with Gasteiger partial charge in [0.1, 0.15) is 11.6 Å². The number of aromatic amines is 1.